The molecule has 2 N–H and O–H groups in total. The number of hydrogen-bond acceptors (Lipinski definition) is 3. The van der Waals surface area contributed by atoms with Crippen LogP contribution >= 0.6 is 0 Å². The summed E-state index contributed by atoms with van der Waals surface area (Å²) < 4.78 is 0. The van der Waals surface area contributed by atoms with Gasteiger partial charge in [0.05, 0.1) is 11.3 Å². The average molecular weight is 263 g/mol. The van der Waals surface area contributed by atoms with Gasteiger partial charge in [0.25, 0.3) is 5.91 Å². The molecule has 0 atom stereocenters. The fourth-order valence-corrected chi connectivity index (χ4v) is 2.14. The minimum atomic E-state index is -0.194. The molecule has 106 valence electrons. The van der Waals surface area contributed by atoms with Gasteiger partial charge in [0.15, 0.2) is 0 Å². The lowest BCUT2D eigenvalue weighted by Gasteiger charge is -2.26. The molecular weight excluding hydrogens is 238 g/mol. The zero-order valence-corrected chi connectivity index (χ0v) is 12.6. The second-order valence-corrected chi connectivity index (χ2v) is 5.49. The summed E-state index contributed by atoms with van der Waals surface area (Å²) in [6.07, 6.45) is 3.64. The summed E-state index contributed by atoms with van der Waals surface area (Å²) >= 11 is 0. The molecule has 0 saturated heterocycles. The zero-order chi connectivity index (χ0) is 14.5. The molecule has 1 rings (SSSR count). The van der Waals surface area contributed by atoms with Crippen LogP contribution in [0.15, 0.2) is 12.3 Å². The smallest absolute Gasteiger partial charge is 0.255 e. The van der Waals surface area contributed by atoms with Crippen molar-refractivity contribution >= 4 is 11.6 Å². The van der Waals surface area contributed by atoms with Crippen molar-refractivity contribution in [1.29, 1.82) is 0 Å². The summed E-state index contributed by atoms with van der Waals surface area (Å²) in [5, 5.41) is 6.29. The molecule has 0 fully saturated rings. The average Bonchev–Trinajstić information content (AvgIpc) is 2.28. The number of amides is 1. The van der Waals surface area contributed by atoms with E-state index >= 15 is 0 Å². The van der Waals surface area contributed by atoms with Crippen molar-refractivity contribution in [2.75, 3.05) is 11.9 Å². The molecule has 4 heteroatoms. The van der Waals surface area contributed by atoms with Crippen LogP contribution in [0.3, 0.4) is 0 Å². The molecular formula is C15H25N3O. The Hall–Kier alpha value is -1.58. The van der Waals surface area contributed by atoms with Crippen molar-refractivity contribution in [1.82, 2.24) is 10.3 Å². The highest BCUT2D eigenvalue weighted by molar-refractivity contribution is 5.99. The van der Waals surface area contributed by atoms with E-state index in [2.05, 4.69) is 22.5 Å². The van der Waals surface area contributed by atoms with Crippen LogP contribution in [0.1, 0.15) is 56.6 Å². The second-order valence-electron chi connectivity index (χ2n) is 5.49. The first-order chi connectivity index (χ1) is 8.89. The third kappa shape index (κ3) is 4.54. The Labute approximate surface area is 116 Å². The largest absolute Gasteiger partial charge is 0.385 e. The van der Waals surface area contributed by atoms with E-state index in [-0.39, 0.29) is 11.4 Å². The molecule has 0 aromatic carbocycles. The van der Waals surface area contributed by atoms with Crippen LogP contribution < -0.4 is 10.6 Å². The van der Waals surface area contributed by atoms with Crippen molar-refractivity contribution < 1.29 is 4.79 Å². The molecule has 1 aromatic heterocycles. The number of carbonyl (C=O) groups is 1. The van der Waals surface area contributed by atoms with Gasteiger partial charge in [0.1, 0.15) is 0 Å². The van der Waals surface area contributed by atoms with E-state index in [1.807, 2.05) is 33.8 Å². The molecule has 19 heavy (non-hydrogen) atoms. The fraction of sp³-hybridized carbons (Fsp3) is 0.600. The lowest BCUT2D eigenvalue weighted by Crippen LogP contribution is -2.43. The molecule has 0 aliphatic carbocycles. The molecule has 0 radical (unpaired) electrons. The van der Waals surface area contributed by atoms with E-state index in [4.69, 9.17) is 0 Å². The lowest BCUT2D eigenvalue weighted by molar-refractivity contribution is 0.0909. The van der Waals surface area contributed by atoms with Crippen LogP contribution in [-0.4, -0.2) is 23.0 Å². The van der Waals surface area contributed by atoms with Gasteiger partial charge in [-0.15, -0.1) is 0 Å². The molecule has 0 aliphatic heterocycles. The zero-order valence-electron chi connectivity index (χ0n) is 12.6. The summed E-state index contributed by atoms with van der Waals surface area (Å²) in [7, 11) is 0. The van der Waals surface area contributed by atoms with Crippen LogP contribution in [0.5, 0.6) is 0 Å². The summed E-state index contributed by atoms with van der Waals surface area (Å²) in [6.45, 7) is 10.9. The van der Waals surface area contributed by atoms with Crippen LogP contribution in [0.25, 0.3) is 0 Å². The van der Waals surface area contributed by atoms with E-state index in [0.717, 1.165) is 30.8 Å². The van der Waals surface area contributed by atoms with Crippen LogP contribution in [0.4, 0.5) is 5.69 Å². The van der Waals surface area contributed by atoms with Crippen LogP contribution in [0.2, 0.25) is 0 Å². The van der Waals surface area contributed by atoms with Crippen molar-refractivity contribution in [3.05, 3.63) is 23.5 Å². The Balaban J connectivity index is 2.93. The Bertz CT molecular complexity index is 441. The lowest BCUT2D eigenvalue weighted by atomic mass is 9.98. The van der Waals surface area contributed by atoms with Gasteiger partial charge in [0.2, 0.25) is 0 Å². The monoisotopic (exact) mass is 263 g/mol. The number of aryl methyl sites for hydroxylation is 1. The first-order valence-electron chi connectivity index (χ1n) is 6.92. The number of aromatic nitrogens is 1. The van der Waals surface area contributed by atoms with Crippen LogP contribution in [-0.2, 0) is 0 Å². The molecule has 1 amide bonds. The summed E-state index contributed by atoms with van der Waals surface area (Å²) in [5.41, 5.74) is 2.16. The van der Waals surface area contributed by atoms with Gasteiger partial charge in [-0.3, -0.25) is 9.78 Å². The van der Waals surface area contributed by atoms with Gasteiger partial charge in [0, 0.05) is 24.0 Å². The highest BCUT2D eigenvalue weighted by Crippen LogP contribution is 2.18. The second kappa shape index (κ2) is 6.55. The first kappa shape index (κ1) is 15.5. The van der Waals surface area contributed by atoms with Gasteiger partial charge in [-0.2, -0.15) is 0 Å². The quantitative estimate of drug-likeness (QED) is 0.829. The Morgan fingerprint density at radius 2 is 2.05 bits per heavy atom. The van der Waals surface area contributed by atoms with E-state index < -0.39 is 0 Å². The van der Waals surface area contributed by atoms with Gasteiger partial charge < -0.3 is 10.6 Å². The number of hydrogen-bond donors (Lipinski definition) is 2. The predicted molar refractivity (Wildman–Crippen MR) is 79.6 cm³/mol. The summed E-state index contributed by atoms with van der Waals surface area (Å²) in [5.74, 6) is -0.0677. The normalized spacial score (nSPS) is 11.2. The summed E-state index contributed by atoms with van der Waals surface area (Å²) in [6, 6.07) is 1.91. The fourth-order valence-electron chi connectivity index (χ4n) is 2.14. The van der Waals surface area contributed by atoms with Crippen molar-refractivity contribution in [3.8, 4) is 0 Å². The first-order valence-corrected chi connectivity index (χ1v) is 6.92. The standard InChI is InChI=1S/C15H25N3O/c1-6-8-15(4,5)18-14(19)12-10-17-11(3)9-13(12)16-7-2/h9-10H,6-8H2,1-5H3,(H,16,17)(H,18,19). The number of pyridine rings is 1. The summed E-state index contributed by atoms with van der Waals surface area (Å²) in [4.78, 5) is 16.6. The van der Waals surface area contributed by atoms with E-state index in [0.29, 0.717) is 5.56 Å². The number of rotatable bonds is 6. The third-order valence-electron chi connectivity index (χ3n) is 2.98. The molecule has 0 unspecified atom stereocenters. The number of carbonyl (C=O) groups excluding carboxylic acids is 1. The maximum absolute atomic E-state index is 12.4. The van der Waals surface area contributed by atoms with E-state index in [1.165, 1.54) is 0 Å². The molecule has 0 aliphatic rings. The molecule has 1 aromatic rings. The maximum atomic E-state index is 12.4. The van der Waals surface area contributed by atoms with Gasteiger partial charge in [-0.1, -0.05) is 13.3 Å². The van der Waals surface area contributed by atoms with E-state index in [9.17, 15) is 4.79 Å². The molecule has 0 bridgehead atoms. The highest BCUT2D eigenvalue weighted by atomic mass is 16.1. The Morgan fingerprint density at radius 3 is 2.63 bits per heavy atom. The molecule has 0 spiro atoms. The minimum Gasteiger partial charge on any atom is -0.385 e. The highest BCUT2D eigenvalue weighted by Gasteiger charge is 2.21. The number of anilines is 1. The van der Waals surface area contributed by atoms with Gasteiger partial charge >= 0.3 is 0 Å². The van der Waals surface area contributed by atoms with E-state index in [1.54, 1.807) is 6.20 Å². The Kier molecular flexibility index (Phi) is 5.33. The Morgan fingerprint density at radius 1 is 1.37 bits per heavy atom. The van der Waals surface area contributed by atoms with Crippen molar-refractivity contribution in [3.63, 3.8) is 0 Å². The third-order valence-corrected chi connectivity index (χ3v) is 2.98. The maximum Gasteiger partial charge on any atom is 0.255 e. The number of nitrogens with one attached hydrogen (secondary N) is 2. The molecule has 4 nitrogen and oxygen atoms in total. The van der Waals surface area contributed by atoms with Crippen molar-refractivity contribution in [2.45, 2.75) is 53.0 Å². The topological polar surface area (TPSA) is 54.0 Å². The SMILES string of the molecule is CCCC(C)(C)NC(=O)c1cnc(C)cc1NCC. The van der Waals surface area contributed by atoms with Crippen molar-refractivity contribution in [2.24, 2.45) is 0 Å². The predicted octanol–water partition coefficient (Wildman–Crippen LogP) is 3.13. The molecule has 1 heterocycles. The van der Waals surface area contributed by atoms with Gasteiger partial charge in [-0.05, 0) is 40.2 Å². The minimum absolute atomic E-state index is 0.0677. The molecule has 0 saturated carbocycles. The number of nitrogens with zero attached hydrogens (tertiary/aromatic N) is 1. The van der Waals surface area contributed by atoms with Gasteiger partial charge in [-0.25, -0.2) is 0 Å². The van der Waals surface area contributed by atoms with Crippen LogP contribution in [0, 0.1) is 6.92 Å².